The summed E-state index contributed by atoms with van der Waals surface area (Å²) in [7, 11) is 0. The summed E-state index contributed by atoms with van der Waals surface area (Å²) in [5.41, 5.74) is -0.563. The average molecular weight is 601 g/mol. The fourth-order valence-corrected chi connectivity index (χ4v) is 10.3. The Hall–Kier alpha value is -1.84. The molecule has 1 heterocycles. The second-order valence-electron chi connectivity index (χ2n) is 15.4. The third-order valence-corrected chi connectivity index (χ3v) is 12.9. The van der Waals surface area contributed by atoms with Crippen molar-refractivity contribution in [1.29, 1.82) is 0 Å². The Morgan fingerprint density at radius 2 is 1.74 bits per heavy atom. The lowest BCUT2D eigenvalue weighted by atomic mass is 9.43. The Morgan fingerprint density at radius 3 is 2.44 bits per heavy atom. The van der Waals surface area contributed by atoms with E-state index in [1.807, 2.05) is 19.9 Å². The highest BCUT2D eigenvalue weighted by molar-refractivity contribution is 5.92. The van der Waals surface area contributed by atoms with E-state index in [2.05, 4.69) is 41.6 Å². The molecule has 4 aliphatic carbocycles. The van der Waals surface area contributed by atoms with Crippen LogP contribution in [0, 0.1) is 46.3 Å². The van der Waals surface area contributed by atoms with Gasteiger partial charge in [-0.2, -0.15) is 10.2 Å². The monoisotopic (exact) mass is 600 g/mol. The number of hydrogen-bond acceptors (Lipinski definition) is 7. The van der Waals surface area contributed by atoms with Gasteiger partial charge in [0, 0.05) is 6.54 Å². The van der Waals surface area contributed by atoms with Crippen LogP contribution < -0.4 is 10.6 Å². The maximum Gasteiger partial charge on any atom is 0.244 e. The smallest absolute Gasteiger partial charge is 0.244 e. The minimum atomic E-state index is -0.614. The molecular formula is C34H56N4O5. The second-order valence-corrected chi connectivity index (χ2v) is 15.4. The maximum absolute atomic E-state index is 12.7. The Morgan fingerprint density at radius 1 is 1.00 bits per heavy atom. The summed E-state index contributed by atoms with van der Waals surface area (Å²) in [6.45, 7) is 11.2. The number of carbonyl (C=O) groups is 2. The van der Waals surface area contributed by atoms with Crippen LogP contribution in [0.1, 0.15) is 105 Å². The molecule has 4 saturated carbocycles. The molecule has 5 rings (SSSR count). The number of nitrogens with one attached hydrogen (secondary N) is 2. The third-order valence-electron chi connectivity index (χ3n) is 12.9. The molecular weight excluding hydrogens is 544 g/mol. The van der Waals surface area contributed by atoms with Crippen LogP contribution in [0.2, 0.25) is 0 Å². The summed E-state index contributed by atoms with van der Waals surface area (Å²) in [6, 6.07) is -0.614. The number of aliphatic hydroxyl groups is 3. The molecule has 43 heavy (non-hydrogen) atoms. The minimum absolute atomic E-state index is 0.0806. The Balaban J connectivity index is 1.17. The van der Waals surface area contributed by atoms with E-state index in [0.717, 1.165) is 57.8 Å². The molecule has 5 N–H and O–H groups in total. The van der Waals surface area contributed by atoms with Gasteiger partial charge in [-0.1, -0.05) is 26.8 Å². The summed E-state index contributed by atoms with van der Waals surface area (Å²) in [5, 5.41) is 47.3. The van der Waals surface area contributed by atoms with Crippen LogP contribution in [0.5, 0.6) is 0 Å². The fourth-order valence-electron chi connectivity index (χ4n) is 10.3. The van der Waals surface area contributed by atoms with Gasteiger partial charge < -0.3 is 26.0 Å². The topological polar surface area (TPSA) is 144 Å². The first-order valence-corrected chi connectivity index (χ1v) is 17.1. The van der Waals surface area contributed by atoms with Gasteiger partial charge in [0.25, 0.3) is 0 Å². The van der Waals surface area contributed by atoms with E-state index in [1.165, 1.54) is 0 Å². The van der Waals surface area contributed by atoms with Crippen LogP contribution in [0.25, 0.3) is 0 Å². The van der Waals surface area contributed by atoms with E-state index in [-0.39, 0.29) is 40.8 Å². The molecule has 0 aromatic heterocycles. The van der Waals surface area contributed by atoms with E-state index in [4.69, 9.17) is 0 Å². The van der Waals surface area contributed by atoms with Crippen molar-refractivity contribution >= 4 is 11.8 Å². The number of amides is 2. The number of aliphatic hydroxyl groups excluding tert-OH is 3. The molecule has 12 atom stereocenters. The Bertz CT molecular complexity index is 1090. The van der Waals surface area contributed by atoms with Gasteiger partial charge >= 0.3 is 0 Å². The first kappa shape index (κ1) is 32.6. The molecule has 242 valence electrons. The molecule has 9 heteroatoms. The number of allylic oxidation sites excluding steroid dienone is 1. The first-order valence-electron chi connectivity index (χ1n) is 17.1. The zero-order chi connectivity index (χ0) is 31.2. The second kappa shape index (κ2) is 12.5. The van der Waals surface area contributed by atoms with Gasteiger partial charge in [-0.05, 0) is 137 Å². The zero-order valence-electron chi connectivity index (χ0n) is 27.0. The number of carbonyl (C=O) groups excluding carboxylic acids is 2. The molecule has 1 aliphatic heterocycles. The Labute approximate surface area is 257 Å². The number of hydrogen-bond donors (Lipinski definition) is 5. The maximum atomic E-state index is 12.7. The van der Waals surface area contributed by atoms with Gasteiger partial charge in [0.1, 0.15) is 6.04 Å². The van der Waals surface area contributed by atoms with Gasteiger partial charge in [-0.25, -0.2) is 0 Å². The van der Waals surface area contributed by atoms with Crippen molar-refractivity contribution in [2.75, 3.05) is 6.54 Å². The third kappa shape index (κ3) is 6.32. The molecule has 9 nitrogen and oxygen atoms in total. The highest BCUT2D eigenvalue weighted by Crippen LogP contribution is 2.68. The van der Waals surface area contributed by atoms with Crippen molar-refractivity contribution in [3.8, 4) is 0 Å². The summed E-state index contributed by atoms with van der Waals surface area (Å²) >= 11 is 0. The van der Waals surface area contributed by atoms with Crippen LogP contribution >= 0.6 is 0 Å². The lowest BCUT2D eigenvalue weighted by Gasteiger charge is -2.63. The molecule has 2 amide bonds. The number of nitrogens with zero attached hydrogens (tertiary/aromatic N) is 2. The van der Waals surface area contributed by atoms with Crippen LogP contribution in [0.3, 0.4) is 0 Å². The summed E-state index contributed by atoms with van der Waals surface area (Å²) in [4.78, 5) is 25.2. The molecule has 0 saturated heterocycles. The number of fused-ring (bicyclic) bond motifs is 5. The zero-order valence-corrected chi connectivity index (χ0v) is 27.0. The van der Waals surface area contributed by atoms with E-state index in [1.54, 1.807) is 6.08 Å². The van der Waals surface area contributed by atoms with Crippen LogP contribution in [0.4, 0.5) is 0 Å². The summed E-state index contributed by atoms with van der Waals surface area (Å²) < 4.78 is 0. The van der Waals surface area contributed by atoms with Crippen molar-refractivity contribution in [2.45, 2.75) is 135 Å². The fraction of sp³-hybridized carbons (Fsp3) is 0.882. The normalized spacial score (nSPS) is 42.4. The molecule has 0 aromatic rings. The minimum Gasteiger partial charge on any atom is -0.393 e. The van der Waals surface area contributed by atoms with E-state index in [9.17, 15) is 24.9 Å². The van der Waals surface area contributed by atoms with Gasteiger partial charge in [0.05, 0.1) is 18.3 Å². The van der Waals surface area contributed by atoms with Crippen molar-refractivity contribution < 1.29 is 24.9 Å². The highest BCUT2D eigenvalue weighted by Gasteiger charge is 2.65. The molecule has 0 bridgehead atoms. The van der Waals surface area contributed by atoms with E-state index >= 15 is 0 Å². The number of rotatable bonds is 11. The largest absolute Gasteiger partial charge is 0.393 e. The molecule has 4 fully saturated rings. The summed E-state index contributed by atoms with van der Waals surface area (Å²) in [6.07, 6.45) is 11.4. The van der Waals surface area contributed by atoms with Crippen LogP contribution in [0.15, 0.2) is 22.4 Å². The molecule has 3 unspecified atom stereocenters. The first-order chi connectivity index (χ1) is 20.3. The van der Waals surface area contributed by atoms with Crippen LogP contribution in [-0.4, -0.2) is 63.7 Å². The number of likely N-dealkylation sites (N-methyl/N-ethyl adjacent to an activating group) is 1. The van der Waals surface area contributed by atoms with Gasteiger partial charge in [-0.15, -0.1) is 0 Å². The van der Waals surface area contributed by atoms with Gasteiger partial charge in [-0.3, -0.25) is 9.59 Å². The lowest BCUT2D eigenvalue weighted by molar-refractivity contribution is -0.207. The van der Waals surface area contributed by atoms with E-state index < -0.39 is 17.8 Å². The average Bonchev–Trinajstić information content (AvgIpc) is 3.58. The highest BCUT2D eigenvalue weighted by atomic mass is 16.3. The van der Waals surface area contributed by atoms with Crippen LogP contribution in [-0.2, 0) is 9.59 Å². The predicted molar refractivity (Wildman–Crippen MR) is 165 cm³/mol. The van der Waals surface area contributed by atoms with Crippen molar-refractivity contribution in [3.63, 3.8) is 0 Å². The van der Waals surface area contributed by atoms with Gasteiger partial charge in [0.15, 0.2) is 5.66 Å². The quantitative estimate of drug-likeness (QED) is 0.222. The lowest BCUT2D eigenvalue weighted by Crippen LogP contribution is -2.62. The van der Waals surface area contributed by atoms with Crippen molar-refractivity contribution in [1.82, 2.24) is 10.6 Å². The standard InChI is InChI=1S/C34H56N4O5/c1-6-35-31(43)26(14-16-33(4)37-38-33)36-29(42)10-8-7-9-20(2)23-11-12-24-30-25(19-28(41)34(23,24)5)32(3)15-13-22(39)17-21(32)18-27(30)40/h8,10,20-28,30,39-41H,6-7,9,11-19H2,1-5H3,(H,35,43)(H,36,42)/t20-,21+,22-,23-,24+,25+,26?,27?,28+,30?,32+,34-/m1/s1. The Kier molecular flexibility index (Phi) is 9.47. The van der Waals surface area contributed by atoms with Gasteiger partial charge in [0.2, 0.25) is 11.8 Å². The SMILES string of the molecule is CCNC(=O)C(CCC1(C)N=N1)NC(=O)C=CCC[C@@H](C)[C@H]1CC[C@H]2C3C(O)C[C@@H]4C[C@H](O)CC[C@]4(C)[C@H]3C[C@H](O)[C@]12C. The van der Waals surface area contributed by atoms with E-state index in [0.29, 0.717) is 49.0 Å². The molecule has 5 aliphatic rings. The van der Waals surface area contributed by atoms with Crippen molar-refractivity contribution in [2.24, 2.45) is 56.6 Å². The molecule has 0 radical (unpaired) electrons. The molecule has 0 aromatic carbocycles. The van der Waals surface area contributed by atoms with Crippen molar-refractivity contribution in [3.05, 3.63) is 12.2 Å². The molecule has 0 spiro atoms. The predicted octanol–water partition coefficient (Wildman–Crippen LogP) is 4.50. The summed E-state index contributed by atoms with van der Waals surface area (Å²) in [5.74, 6) is 1.43.